The Hall–Kier alpha value is -1.97. The van der Waals surface area contributed by atoms with E-state index in [1.54, 1.807) is 14.2 Å². The van der Waals surface area contributed by atoms with Crippen LogP contribution in [0.5, 0.6) is 11.5 Å². The molecule has 0 saturated heterocycles. The third-order valence-electron chi connectivity index (χ3n) is 2.54. The minimum atomic E-state index is 0.511. The summed E-state index contributed by atoms with van der Waals surface area (Å²) in [4.78, 5) is 4.26. The van der Waals surface area contributed by atoms with Crippen molar-refractivity contribution in [1.82, 2.24) is 4.98 Å². The van der Waals surface area contributed by atoms with Crippen molar-refractivity contribution in [3.05, 3.63) is 23.8 Å². The van der Waals surface area contributed by atoms with E-state index in [-0.39, 0.29) is 0 Å². The monoisotopic (exact) mass is 218 g/mol. The number of pyridine rings is 1. The maximum atomic E-state index is 5.70. The van der Waals surface area contributed by atoms with Gasteiger partial charge < -0.3 is 15.2 Å². The molecule has 2 rings (SSSR count). The van der Waals surface area contributed by atoms with Gasteiger partial charge in [-0.1, -0.05) is 0 Å². The lowest BCUT2D eigenvalue weighted by Gasteiger charge is -2.10. The van der Waals surface area contributed by atoms with E-state index in [1.165, 1.54) is 0 Å². The van der Waals surface area contributed by atoms with Crippen LogP contribution < -0.4 is 15.2 Å². The van der Waals surface area contributed by atoms with Crippen LogP contribution >= 0.6 is 0 Å². The fourth-order valence-electron chi connectivity index (χ4n) is 1.75. The second-order valence-corrected chi connectivity index (χ2v) is 3.59. The summed E-state index contributed by atoms with van der Waals surface area (Å²) in [5.74, 6) is 1.87. The number of hydrogen-bond acceptors (Lipinski definition) is 4. The molecule has 1 aromatic heterocycles. The minimum absolute atomic E-state index is 0.511. The zero-order chi connectivity index (χ0) is 11.7. The summed E-state index contributed by atoms with van der Waals surface area (Å²) in [5.41, 5.74) is 7.59. The van der Waals surface area contributed by atoms with Crippen LogP contribution in [0.4, 0.5) is 5.82 Å². The molecule has 4 heteroatoms. The molecule has 0 aliphatic rings. The molecule has 2 aromatic rings. The molecular weight excluding hydrogens is 204 g/mol. The molecule has 0 aliphatic heterocycles. The molecule has 0 atom stereocenters. The highest BCUT2D eigenvalue weighted by Crippen LogP contribution is 2.33. The van der Waals surface area contributed by atoms with Crippen LogP contribution in [0, 0.1) is 6.92 Å². The van der Waals surface area contributed by atoms with E-state index in [4.69, 9.17) is 15.2 Å². The van der Waals surface area contributed by atoms with Gasteiger partial charge in [0.05, 0.1) is 19.7 Å². The molecule has 0 bridgehead atoms. The number of hydrogen-bond donors (Lipinski definition) is 1. The number of aryl methyl sites for hydroxylation is 1. The van der Waals surface area contributed by atoms with Crippen LogP contribution in [0.1, 0.15) is 5.56 Å². The van der Waals surface area contributed by atoms with E-state index >= 15 is 0 Å². The van der Waals surface area contributed by atoms with Gasteiger partial charge in [0.25, 0.3) is 0 Å². The Morgan fingerprint density at radius 1 is 1.06 bits per heavy atom. The number of anilines is 1. The Morgan fingerprint density at radius 3 is 2.31 bits per heavy atom. The molecule has 0 spiro atoms. The largest absolute Gasteiger partial charge is 0.493 e. The lowest BCUT2D eigenvalue weighted by molar-refractivity contribution is 0.356. The predicted molar refractivity (Wildman–Crippen MR) is 64.0 cm³/mol. The van der Waals surface area contributed by atoms with Crippen LogP contribution in [0.25, 0.3) is 10.9 Å². The van der Waals surface area contributed by atoms with E-state index in [0.29, 0.717) is 17.3 Å². The van der Waals surface area contributed by atoms with E-state index < -0.39 is 0 Å². The Balaban J connectivity index is 2.78. The number of nitrogen functional groups attached to an aromatic ring is 1. The van der Waals surface area contributed by atoms with Gasteiger partial charge in [0.15, 0.2) is 11.5 Å². The maximum Gasteiger partial charge on any atom is 0.162 e. The minimum Gasteiger partial charge on any atom is -0.493 e. The van der Waals surface area contributed by atoms with Gasteiger partial charge in [-0.15, -0.1) is 0 Å². The average Bonchev–Trinajstić information content (AvgIpc) is 2.27. The van der Waals surface area contributed by atoms with Gasteiger partial charge in [-0.05, 0) is 24.6 Å². The van der Waals surface area contributed by atoms with E-state index in [0.717, 1.165) is 16.5 Å². The molecule has 2 N–H and O–H groups in total. The number of methoxy groups -OCH3 is 2. The summed E-state index contributed by atoms with van der Waals surface area (Å²) in [6.45, 7) is 1.99. The molecule has 0 fully saturated rings. The number of nitrogens with two attached hydrogens (primary N) is 1. The number of benzene rings is 1. The predicted octanol–water partition coefficient (Wildman–Crippen LogP) is 2.14. The van der Waals surface area contributed by atoms with Crippen molar-refractivity contribution in [2.45, 2.75) is 6.92 Å². The smallest absolute Gasteiger partial charge is 0.162 e. The van der Waals surface area contributed by atoms with Crippen molar-refractivity contribution in [1.29, 1.82) is 0 Å². The Kier molecular flexibility index (Phi) is 2.56. The van der Waals surface area contributed by atoms with Gasteiger partial charge in [0.1, 0.15) is 5.82 Å². The van der Waals surface area contributed by atoms with Crippen molar-refractivity contribution < 1.29 is 9.47 Å². The normalized spacial score (nSPS) is 10.4. The number of aromatic nitrogens is 1. The van der Waals surface area contributed by atoms with Crippen molar-refractivity contribution >= 4 is 16.7 Å². The number of fused-ring (bicyclic) bond motifs is 1. The van der Waals surface area contributed by atoms with Gasteiger partial charge in [0, 0.05) is 11.5 Å². The van der Waals surface area contributed by atoms with Gasteiger partial charge in [-0.25, -0.2) is 4.98 Å². The van der Waals surface area contributed by atoms with Crippen LogP contribution in [0.3, 0.4) is 0 Å². The molecule has 0 radical (unpaired) electrons. The number of nitrogens with zero attached hydrogens (tertiary/aromatic N) is 1. The van der Waals surface area contributed by atoms with Gasteiger partial charge in [0.2, 0.25) is 0 Å². The van der Waals surface area contributed by atoms with Gasteiger partial charge >= 0.3 is 0 Å². The van der Waals surface area contributed by atoms with E-state index in [2.05, 4.69) is 4.98 Å². The van der Waals surface area contributed by atoms with Crippen molar-refractivity contribution in [3.63, 3.8) is 0 Å². The quantitative estimate of drug-likeness (QED) is 0.839. The number of rotatable bonds is 2. The SMILES string of the molecule is COc1cc2nc(N)cc(C)c2cc1OC. The lowest BCUT2D eigenvalue weighted by Crippen LogP contribution is -1.95. The summed E-state index contributed by atoms with van der Waals surface area (Å²) in [7, 11) is 3.21. The highest BCUT2D eigenvalue weighted by Gasteiger charge is 2.08. The van der Waals surface area contributed by atoms with Crippen molar-refractivity contribution in [2.24, 2.45) is 0 Å². The molecule has 0 amide bonds. The van der Waals surface area contributed by atoms with Gasteiger partial charge in [-0.3, -0.25) is 0 Å². The van der Waals surface area contributed by atoms with Crippen molar-refractivity contribution in [3.8, 4) is 11.5 Å². The first-order valence-electron chi connectivity index (χ1n) is 4.94. The second-order valence-electron chi connectivity index (χ2n) is 3.59. The van der Waals surface area contributed by atoms with Crippen LogP contribution in [0.15, 0.2) is 18.2 Å². The first-order valence-corrected chi connectivity index (χ1v) is 4.94. The number of ether oxygens (including phenoxy) is 2. The Labute approximate surface area is 94.0 Å². The molecule has 0 saturated carbocycles. The molecule has 4 nitrogen and oxygen atoms in total. The molecule has 1 aromatic carbocycles. The third kappa shape index (κ3) is 1.62. The fourth-order valence-corrected chi connectivity index (χ4v) is 1.75. The zero-order valence-electron chi connectivity index (χ0n) is 9.57. The van der Waals surface area contributed by atoms with Crippen molar-refractivity contribution in [2.75, 3.05) is 20.0 Å². The van der Waals surface area contributed by atoms with E-state index in [1.807, 2.05) is 25.1 Å². The molecule has 1 heterocycles. The summed E-state index contributed by atoms with van der Waals surface area (Å²) in [6, 6.07) is 5.59. The summed E-state index contributed by atoms with van der Waals surface area (Å²) in [5, 5.41) is 1.02. The highest BCUT2D eigenvalue weighted by atomic mass is 16.5. The topological polar surface area (TPSA) is 57.4 Å². The molecular formula is C12H14N2O2. The summed E-state index contributed by atoms with van der Waals surface area (Å²) in [6.07, 6.45) is 0. The molecule has 84 valence electrons. The molecule has 0 unspecified atom stereocenters. The second kappa shape index (κ2) is 3.89. The van der Waals surface area contributed by atoms with E-state index in [9.17, 15) is 0 Å². The highest BCUT2D eigenvalue weighted by molar-refractivity contribution is 5.86. The zero-order valence-corrected chi connectivity index (χ0v) is 9.57. The first kappa shape index (κ1) is 10.5. The lowest BCUT2D eigenvalue weighted by atomic mass is 10.1. The molecule has 16 heavy (non-hydrogen) atoms. The molecule has 0 aliphatic carbocycles. The van der Waals surface area contributed by atoms with Crippen LogP contribution in [-0.2, 0) is 0 Å². The maximum absolute atomic E-state index is 5.70. The third-order valence-corrected chi connectivity index (χ3v) is 2.54. The first-order chi connectivity index (χ1) is 7.65. The summed E-state index contributed by atoms with van der Waals surface area (Å²) >= 11 is 0. The summed E-state index contributed by atoms with van der Waals surface area (Å²) < 4.78 is 10.5. The Bertz CT molecular complexity index is 538. The Morgan fingerprint density at radius 2 is 1.69 bits per heavy atom. The average molecular weight is 218 g/mol. The van der Waals surface area contributed by atoms with Crippen LogP contribution in [-0.4, -0.2) is 19.2 Å². The van der Waals surface area contributed by atoms with Gasteiger partial charge in [-0.2, -0.15) is 0 Å². The van der Waals surface area contributed by atoms with Crippen LogP contribution in [0.2, 0.25) is 0 Å². The fraction of sp³-hybridized carbons (Fsp3) is 0.250. The standard InChI is InChI=1S/C12H14N2O2/c1-7-4-12(13)14-9-6-11(16-3)10(15-2)5-8(7)9/h4-6H,1-3H3,(H2,13,14).